The summed E-state index contributed by atoms with van der Waals surface area (Å²) < 4.78 is 30.1. The second-order valence-electron chi connectivity index (χ2n) is 7.97. The van der Waals surface area contributed by atoms with E-state index in [9.17, 15) is 8.78 Å². The minimum absolute atomic E-state index is 0. The van der Waals surface area contributed by atoms with Crippen molar-refractivity contribution in [1.82, 2.24) is 30.1 Å². The van der Waals surface area contributed by atoms with Crippen molar-refractivity contribution in [3.05, 3.63) is 65.6 Å². The minimum atomic E-state index is -0.490. The second kappa shape index (κ2) is 12.2. The predicted octanol–water partition coefficient (Wildman–Crippen LogP) is 3.39. The Balaban J connectivity index is 0.00000306. The molecule has 178 valence electrons. The molecule has 3 aromatic rings. The highest BCUT2D eigenvalue weighted by atomic mass is 127. The topological polar surface area (TPSA) is 69.8 Å². The summed E-state index contributed by atoms with van der Waals surface area (Å²) >= 11 is 0. The molecule has 1 aliphatic rings. The number of benzene rings is 1. The smallest absolute Gasteiger partial charge is 0.191 e. The number of fused-ring (bicyclic) bond motifs is 1. The summed E-state index contributed by atoms with van der Waals surface area (Å²) in [6.45, 7) is 5.13. The van der Waals surface area contributed by atoms with E-state index in [0.717, 1.165) is 43.4 Å². The van der Waals surface area contributed by atoms with Gasteiger partial charge in [0.1, 0.15) is 17.5 Å². The Morgan fingerprint density at radius 1 is 1.15 bits per heavy atom. The summed E-state index contributed by atoms with van der Waals surface area (Å²) in [5.74, 6) is 0.633. The number of piperidine rings is 1. The number of likely N-dealkylation sites (tertiary alicyclic amines) is 1. The molecule has 10 heteroatoms. The third-order valence-corrected chi connectivity index (χ3v) is 5.62. The zero-order chi connectivity index (χ0) is 22.3. The largest absolute Gasteiger partial charge is 0.357 e. The fraction of sp³-hybridized carbons (Fsp3) is 0.435. The number of pyridine rings is 1. The Labute approximate surface area is 209 Å². The van der Waals surface area contributed by atoms with Crippen LogP contribution in [0, 0.1) is 11.6 Å². The van der Waals surface area contributed by atoms with Gasteiger partial charge in [-0.15, -0.1) is 34.2 Å². The first-order valence-electron chi connectivity index (χ1n) is 11.1. The van der Waals surface area contributed by atoms with Crippen molar-refractivity contribution in [3.8, 4) is 0 Å². The Morgan fingerprint density at radius 2 is 1.97 bits per heavy atom. The first kappa shape index (κ1) is 25.3. The summed E-state index contributed by atoms with van der Waals surface area (Å²) in [5, 5.41) is 15.2. The van der Waals surface area contributed by atoms with Crippen LogP contribution in [0.25, 0.3) is 5.65 Å². The van der Waals surface area contributed by atoms with Gasteiger partial charge in [0, 0.05) is 50.4 Å². The van der Waals surface area contributed by atoms with Crippen molar-refractivity contribution in [2.45, 2.75) is 38.8 Å². The highest BCUT2D eigenvalue weighted by Gasteiger charge is 2.22. The summed E-state index contributed by atoms with van der Waals surface area (Å²) in [5.41, 5.74) is 0.958. The van der Waals surface area contributed by atoms with Gasteiger partial charge in [0.25, 0.3) is 0 Å². The predicted molar refractivity (Wildman–Crippen MR) is 136 cm³/mol. The molecule has 1 aliphatic heterocycles. The maximum Gasteiger partial charge on any atom is 0.191 e. The van der Waals surface area contributed by atoms with E-state index in [4.69, 9.17) is 4.99 Å². The first-order valence-corrected chi connectivity index (χ1v) is 11.1. The van der Waals surface area contributed by atoms with Gasteiger partial charge in [0.05, 0.1) is 0 Å². The van der Waals surface area contributed by atoms with E-state index in [2.05, 4.69) is 25.7 Å². The van der Waals surface area contributed by atoms with Crippen LogP contribution in [0.3, 0.4) is 0 Å². The molecule has 1 saturated heterocycles. The molecule has 1 fully saturated rings. The SMILES string of the molecule is CCNC(=NCCc1nnc2ccccn12)NC1CCCN(Cc2c(F)cccc2F)C1.I. The summed E-state index contributed by atoms with van der Waals surface area (Å²) in [6.07, 6.45) is 4.56. The second-order valence-corrected chi connectivity index (χ2v) is 7.97. The van der Waals surface area contributed by atoms with Crippen LogP contribution in [0.1, 0.15) is 31.2 Å². The van der Waals surface area contributed by atoms with Crippen LogP contribution in [0.15, 0.2) is 47.6 Å². The number of aromatic nitrogens is 3. The Morgan fingerprint density at radius 3 is 2.76 bits per heavy atom. The van der Waals surface area contributed by atoms with Gasteiger partial charge in [-0.25, -0.2) is 8.78 Å². The highest BCUT2D eigenvalue weighted by molar-refractivity contribution is 14.0. The molecule has 0 spiro atoms. The Hall–Kier alpha value is -2.34. The van der Waals surface area contributed by atoms with Gasteiger partial charge in [-0.2, -0.15) is 0 Å². The van der Waals surface area contributed by atoms with Gasteiger partial charge < -0.3 is 10.6 Å². The van der Waals surface area contributed by atoms with E-state index >= 15 is 0 Å². The zero-order valence-electron chi connectivity index (χ0n) is 18.7. The van der Waals surface area contributed by atoms with Crippen molar-refractivity contribution in [3.63, 3.8) is 0 Å². The first-order chi connectivity index (χ1) is 15.6. The molecule has 0 radical (unpaired) electrons. The lowest BCUT2D eigenvalue weighted by Gasteiger charge is -2.34. The minimum Gasteiger partial charge on any atom is -0.357 e. The third kappa shape index (κ3) is 6.59. The summed E-state index contributed by atoms with van der Waals surface area (Å²) in [7, 11) is 0. The molecule has 2 N–H and O–H groups in total. The molecule has 3 heterocycles. The van der Waals surface area contributed by atoms with Gasteiger partial charge in [-0.05, 0) is 50.6 Å². The van der Waals surface area contributed by atoms with Crippen molar-refractivity contribution in [2.75, 3.05) is 26.2 Å². The molecule has 0 saturated carbocycles. The van der Waals surface area contributed by atoms with Gasteiger partial charge in [0.2, 0.25) is 0 Å². The number of guanidine groups is 1. The molecule has 33 heavy (non-hydrogen) atoms. The molecule has 7 nitrogen and oxygen atoms in total. The maximum atomic E-state index is 14.0. The van der Waals surface area contributed by atoms with Gasteiger partial charge >= 0.3 is 0 Å². The van der Waals surface area contributed by atoms with Crippen molar-refractivity contribution in [2.24, 2.45) is 4.99 Å². The van der Waals surface area contributed by atoms with Crippen molar-refractivity contribution >= 4 is 35.6 Å². The van der Waals surface area contributed by atoms with Crippen LogP contribution in [0.4, 0.5) is 8.78 Å². The number of nitrogens with zero attached hydrogens (tertiary/aromatic N) is 5. The molecule has 2 aromatic heterocycles. The molecule has 1 unspecified atom stereocenters. The van der Waals surface area contributed by atoms with Gasteiger partial charge in [-0.1, -0.05) is 12.1 Å². The molecule has 1 atom stereocenters. The van der Waals surface area contributed by atoms with Gasteiger partial charge in [0.15, 0.2) is 11.6 Å². The van der Waals surface area contributed by atoms with E-state index in [0.29, 0.717) is 19.5 Å². The molecule has 0 aliphatic carbocycles. The lowest BCUT2D eigenvalue weighted by molar-refractivity contribution is 0.188. The summed E-state index contributed by atoms with van der Waals surface area (Å²) in [6, 6.07) is 10.00. The van der Waals surface area contributed by atoms with E-state index in [1.54, 1.807) is 0 Å². The van der Waals surface area contributed by atoms with E-state index in [1.807, 2.05) is 35.7 Å². The van der Waals surface area contributed by atoms with Crippen LogP contribution >= 0.6 is 24.0 Å². The van der Waals surface area contributed by atoms with Crippen molar-refractivity contribution in [1.29, 1.82) is 0 Å². The average molecular weight is 569 g/mol. The van der Waals surface area contributed by atoms with Gasteiger partial charge in [-0.3, -0.25) is 14.3 Å². The molecule has 0 amide bonds. The number of nitrogens with one attached hydrogen (secondary N) is 2. The standard InChI is InChI=1S/C23H29F2N7.HI/c1-2-26-23(27-12-11-22-30-29-21-10-3-4-14-32(21)22)28-17-7-6-13-31(15-17)16-18-19(24)8-5-9-20(18)25;/h3-5,8-10,14,17H,2,6-7,11-13,15-16H2,1H3,(H2,26,27,28);1H. The van der Waals surface area contributed by atoms with Crippen LogP contribution < -0.4 is 10.6 Å². The number of halogens is 3. The van der Waals surface area contributed by atoms with Crippen LogP contribution in [0.2, 0.25) is 0 Å². The number of hydrogen-bond donors (Lipinski definition) is 2. The number of rotatable bonds is 7. The fourth-order valence-electron chi connectivity index (χ4n) is 4.07. The molecule has 1 aromatic carbocycles. The zero-order valence-corrected chi connectivity index (χ0v) is 21.0. The van der Waals surface area contributed by atoms with Crippen LogP contribution in [-0.2, 0) is 13.0 Å². The Bertz CT molecular complexity index is 1050. The highest BCUT2D eigenvalue weighted by Crippen LogP contribution is 2.18. The monoisotopic (exact) mass is 569 g/mol. The van der Waals surface area contributed by atoms with E-state index < -0.39 is 11.6 Å². The number of aliphatic imine (C=N–C) groups is 1. The molecule has 4 rings (SSSR count). The Kier molecular flexibility index (Phi) is 9.36. The van der Waals surface area contributed by atoms with Crippen molar-refractivity contribution < 1.29 is 8.78 Å². The van der Waals surface area contributed by atoms with Crippen LogP contribution in [-0.4, -0.2) is 57.7 Å². The molecule has 0 bridgehead atoms. The lowest BCUT2D eigenvalue weighted by atomic mass is 10.0. The summed E-state index contributed by atoms with van der Waals surface area (Å²) in [4.78, 5) is 6.79. The maximum absolute atomic E-state index is 14.0. The van der Waals surface area contributed by atoms with E-state index in [-0.39, 0.29) is 42.1 Å². The molecular formula is C23H30F2IN7. The molecular weight excluding hydrogens is 539 g/mol. The quantitative estimate of drug-likeness (QED) is 0.260. The normalized spacial score (nSPS) is 17.1. The fourth-order valence-corrected chi connectivity index (χ4v) is 4.07. The third-order valence-electron chi connectivity index (χ3n) is 5.62. The van der Waals surface area contributed by atoms with Crippen LogP contribution in [0.5, 0.6) is 0 Å². The van der Waals surface area contributed by atoms with E-state index in [1.165, 1.54) is 18.2 Å². The lowest BCUT2D eigenvalue weighted by Crippen LogP contribution is -2.51. The average Bonchev–Trinajstić information content (AvgIpc) is 3.20. The number of hydrogen-bond acceptors (Lipinski definition) is 4.